The molecular formula is C9H10O3S. The van der Waals surface area contributed by atoms with Crippen LogP contribution in [0.3, 0.4) is 0 Å². The molecule has 1 heterocycles. The molecule has 0 spiro atoms. The molecule has 1 aliphatic carbocycles. The molecule has 0 amide bonds. The first-order valence-corrected chi connectivity index (χ1v) is 5.05. The zero-order valence-corrected chi connectivity index (χ0v) is 7.80. The molecule has 1 unspecified atom stereocenters. The fraction of sp³-hybridized carbons (Fsp3) is 0.444. The van der Waals surface area contributed by atoms with Gasteiger partial charge in [-0.05, 0) is 30.7 Å². The molecule has 0 saturated carbocycles. The highest BCUT2D eigenvalue weighted by Crippen LogP contribution is 2.38. The standard InChI is InChI=1S/C9H10O3S/c10-8(11)9(12)4-1-2-7-6(9)3-5-13-7/h3,5,12H,1-2,4H2,(H,10,11). The van der Waals surface area contributed by atoms with Crippen molar-refractivity contribution in [2.75, 3.05) is 0 Å². The van der Waals surface area contributed by atoms with Gasteiger partial charge in [-0.25, -0.2) is 4.79 Å². The van der Waals surface area contributed by atoms with Gasteiger partial charge in [0.2, 0.25) is 0 Å². The number of thiophene rings is 1. The topological polar surface area (TPSA) is 57.5 Å². The second-order valence-corrected chi connectivity index (χ2v) is 4.28. The molecule has 0 bridgehead atoms. The van der Waals surface area contributed by atoms with Gasteiger partial charge >= 0.3 is 5.97 Å². The Bertz CT molecular complexity index is 344. The Kier molecular flexibility index (Phi) is 1.89. The first-order chi connectivity index (χ1) is 6.14. The van der Waals surface area contributed by atoms with E-state index in [0.29, 0.717) is 12.0 Å². The van der Waals surface area contributed by atoms with Crippen molar-refractivity contribution in [3.05, 3.63) is 21.9 Å². The minimum atomic E-state index is -1.63. The van der Waals surface area contributed by atoms with E-state index in [2.05, 4.69) is 0 Å². The third kappa shape index (κ3) is 1.17. The summed E-state index contributed by atoms with van der Waals surface area (Å²) in [7, 11) is 0. The van der Waals surface area contributed by atoms with Gasteiger partial charge in [0.25, 0.3) is 0 Å². The number of fused-ring (bicyclic) bond motifs is 1. The van der Waals surface area contributed by atoms with Crippen LogP contribution in [0.2, 0.25) is 0 Å². The molecule has 0 radical (unpaired) electrons. The van der Waals surface area contributed by atoms with Crippen LogP contribution in [0.25, 0.3) is 0 Å². The lowest BCUT2D eigenvalue weighted by molar-refractivity contribution is -0.161. The maximum atomic E-state index is 10.9. The summed E-state index contributed by atoms with van der Waals surface area (Å²) in [6.07, 6.45) is 1.96. The fourth-order valence-electron chi connectivity index (χ4n) is 1.76. The molecule has 1 aromatic rings. The largest absolute Gasteiger partial charge is 0.479 e. The van der Waals surface area contributed by atoms with Crippen LogP contribution in [-0.4, -0.2) is 16.2 Å². The molecule has 0 fully saturated rings. The minimum Gasteiger partial charge on any atom is -0.479 e. The number of carbonyl (C=O) groups is 1. The van der Waals surface area contributed by atoms with Crippen LogP contribution in [0.4, 0.5) is 0 Å². The number of hydrogen-bond acceptors (Lipinski definition) is 3. The average Bonchev–Trinajstić information content (AvgIpc) is 2.53. The predicted molar refractivity (Wildman–Crippen MR) is 48.8 cm³/mol. The van der Waals surface area contributed by atoms with Crippen molar-refractivity contribution in [1.29, 1.82) is 0 Å². The monoisotopic (exact) mass is 198 g/mol. The number of aliphatic carboxylic acids is 1. The van der Waals surface area contributed by atoms with E-state index in [-0.39, 0.29) is 0 Å². The normalized spacial score (nSPS) is 26.8. The van der Waals surface area contributed by atoms with E-state index in [1.807, 2.05) is 5.38 Å². The summed E-state index contributed by atoms with van der Waals surface area (Å²) >= 11 is 1.52. The van der Waals surface area contributed by atoms with Gasteiger partial charge in [0.1, 0.15) is 0 Å². The number of rotatable bonds is 1. The van der Waals surface area contributed by atoms with E-state index in [9.17, 15) is 9.90 Å². The van der Waals surface area contributed by atoms with Crippen LogP contribution < -0.4 is 0 Å². The predicted octanol–water partition coefficient (Wildman–Crippen LogP) is 1.36. The van der Waals surface area contributed by atoms with Crippen molar-refractivity contribution >= 4 is 17.3 Å². The molecule has 4 heteroatoms. The van der Waals surface area contributed by atoms with Gasteiger partial charge in [0.15, 0.2) is 5.60 Å². The molecule has 2 N–H and O–H groups in total. The van der Waals surface area contributed by atoms with Gasteiger partial charge in [-0.3, -0.25) is 0 Å². The molecule has 1 atom stereocenters. The van der Waals surface area contributed by atoms with E-state index >= 15 is 0 Å². The Hall–Kier alpha value is -0.870. The molecule has 13 heavy (non-hydrogen) atoms. The zero-order chi connectivity index (χ0) is 9.47. The molecule has 1 aromatic heterocycles. The lowest BCUT2D eigenvalue weighted by Crippen LogP contribution is -2.38. The number of aryl methyl sites for hydroxylation is 1. The number of aliphatic hydroxyl groups is 1. The van der Waals surface area contributed by atoms with Gasteiger partial charge in [-0.1, -0.05) is 0 Å². The third-order valence-electron chi connectivity index (χ3n) is 2.49. The van der Waals surface area contributed by atoms with E-state index in [1.54, 1.807) is 6.07 Å². The lowest BCUT2D eigenvalue weighted by atomic mass is 9.83. The van der Waals surface area contributed by atoms with Crippen LogP contribution in [-0.2, 0) is 16.8 Å². The van der Waals surface area contributed by atoms with Gasteiger partial charge in [-0.15, -0.1) is 11.3 Å². The molecule has 0 saturated heterocycles. The highest BCUT2D eigenvalue weighted by atomic mass is 32.1. The van der Waals surface area contributed by atoms with Crippen LogP contribution in [0.5, 0.6) is 0 Å². The first-order valence-electron chi connectivity index (χ1n) is 4.17. The smallest absolute Gasteiger partial charge is 0.340 e. The summed E-state index contributed by atoms with van der Waals surface area (Å²) < 4.78 is 0. The summed E-state index contributed by atoms with van der Waals surface area (Å²) in [6.45, 7) is 0. The number of carboxylic acids is 1. The Morgan fingerprint density at radius 2 is 2.38 bits per heavy atom. The van der Waals surface area contributed by atoms with E-state index in [0.717, 1.165) is 17.7 Å². The number of carboxylic acid groups (broad SMARTS) is 1. The van der Waals surface area contributed by atoms with E-state index < -0.39 is 11.6 Å². The zero-order valence-electron chi connectivity index (χ0n) is 6.99. The molecule has 0 aromatic carbocycles. The molecule has 2 rings (SSSR count). The number of hydrogen-bond donors (Lipinski definition) is 2. The Morgan fingerprint density at radius 1 is 1.62 bits per heavy atom. The van der Waals surface area contributed by atoms with Gasteiger partial charge < -0.3 is 10.2 Å². The summed E-state index contributed by atoms with van der Waals surface area (Å²) in [6, 6.07) is 1.72. The Morgan fingerprint density at radius 3 is 3.08 bits per heavy atom. The summed E-state index contributed by atoms with van der Waals surface area (Å²) in [5, 5.41) is 20.7. The van der Waals surface area contributed by atoms with Crippen molar-refractivity contribution in [3.8, 4) is 0 Å². The average molecular weight is 198 g/mol. The first kappa shape index (κ1) is 8.72. The van der Waals surface area contributed by atoms with Gasteiger partial charge in [-0.2, -0.15) is 0 Å². The van der Waals surface area contributed by atoms with Crippen LogP contribution in [0.1, 0.15) is 23.3 Å². The summed E-state index contributed by atoms with van der Waals surface area (Å²) in [5.74, 6) is -1.13. The maximum absolute atomic E-state index is 10.9. The van der Waals surface area contributed by atoms with Crippen molar-refractivity contribution in [2.24, 2.45) is 0 Å². The van der Waals surface area contributed by atoms with Crippen molar-refractivity contribution in [2.45, 2.75) is 24.9 Å². The highest BCUT2D eigenvalue weighted by molar-refractivity contribution is 7.10. The van der Waals surface area contributed by atoms with E-state index in [1.165, 1.54) is 11.3 Å². The molecule has 1 aliphatic rings. The molecule has 3 nitrogen and oxygen atoms in total. The van der Waals surface area contributed by atoms with E-state index in [4.69, 9.17) is 5.11 Å². The van der Waals surface area contributed by atoms with Crippen molar-refractivity contribution in [1.82, 2.24) is 0 Å². The van der Waals surface area contributed by atoms with Gasteiger partial charge in [0, 0.05) is 10.4 Å². The SMILES string of the molecule is O=C(O)C1(O)CCCc2sccc21. The second-order valence-electron chi connectivity index (χ2n) is 3.28. The molecule has 70 valence electrons. The van der Waals surface area contributed by atoms with Crippen LogP contribution in [0.15, 0.2) is 11.4 Å². The molecule has 0 aliphatic heterocycles. The summed E-state index contributed by atoms with van der Waals surface area (Å²) in [4.78, 5) is 11.9. The summed E-state index contributed by atoms with van der Waals surface area (Å²) in [5.41, 5.74) is -1.04. The Balaban J connectivity index is 2.51. The van der Waals surface area contributed by atoms with Gasteiger partial charge in [0.05, 0.1) is 0 Å². The maximum Gasteiger partial charge on any atom is 0.340 e. The lowest BCUT2D eigenvalue weighted by Gasteiger charge is -2.27. The second kappa shape index (κ2) is 2.82. The fourth-order valence-corrected chi connectivity index (χ4v) is 2.76. The van der Waals surface area contributed by atoms with Crippen LogP contribution >= 0.6 is 11.3 Å². The van der Waals surface area contributed by atoms with Crippen molar-refractivity contribution < 1.29 is 15.0 Å². The quantitative estimate of drug-likeness (QED) is 0.716. The Labute approximate surface area is 79.6 Å². The van der Waals surface area contributed by atoms with Crippen LogP contribution in [0, 0.1) is 0 Å². The minimum absolute atomic E-state index is 0.325. The highest BCUT2D eigenvalue weighted by Gasteiger charge is 2.42. The molecular weight excluding hydrogens is 188 g/mol. The van der Waals surface area contributed by atoms with Crippen molar-refractivity contribution in [3.63, 3.8) is 0 Å². The third-order valence-corrected chi connectivity index (χ3v) is 3.47.